The maximum absolute atomic E-state index is 11.1. The molecule has 0 aromatic heterocycles. The van der Waals surface area contributed by atoms with E-state index in [2.05, 4.69) is 31.2 Å². The largest absolute Gasteiger partial charge is 0.300 e. The Bertz CT molecular complexity index is 383. The first-order valence-corrected chi connectivity index (χ1v) is 7.27. The summed E-state index contributed by atoms with van der Waals surface area (Å²) in [6.45, 7) is 3.91. The van der Waals surface area contributed by atoms with Crippen LogP contribution in [0.2, 0.25) is 0 Å². The smallest absolute Gasteiger partial charge is 0.130 e. The maximum Gasteiger partial charge on any atom is 0.130 e. The van der Waals surface area contributed by atoms with E-state index in [1.165, 1.54) is 36.8 Å². The van der Waals surface area contributed by atoms with Crippen molar-refractivity contribution in [1.29, 1.82) is 0 Å². The van der Waals surface area contributed by atoms with Gasteiger partial charge in [-0.2, -0.15) is 0 Å². The Morgan fingerprint density at radius 2 is 1.72 bits per heavy atom. The van der Waals surface area contributed by atoms with E-state index >= 15 is 0 Å². The van der Waals surface area contributed by atoms with Gasteiger partial charge in [-0.05, 0) is 62.0 Å². The highest BCUT2D eigenvalue weighted by Gasteiger charge is 2.22. The summed E-state index contributed by atoms with van der Waals surface area (Å²) in [6.07, 6.45) is 6.86. The molecule has 0 saturated heterocycles. The minimum absolute atomic E-state index is 0.353. The first-order chi connectivity index (χ1) is 8.69. The first-order valence-electron chi connectivity index (χ1n) is 7.27. The molecule has 18 heavy (non-hydrogen) atoms. The molecule has 0 N–H and O–H groups in total. The Kier molecular flexibility index (Phi) is 4.57. The lowest BCUT2D eigenvalue weighted by Gasteiger charge is -2.28. The number of rotatable bonds is 4. The topological polar surface area (TPSA) is 17.1 Å². The summed E-state index contributed by atoms with van der Waals surface area (Å²) in [6, 6.07) is 9.12. The van der Waals surface area contributed by atoms with Gasteiger partial charge in [-0.25, -0.2) is 0 Å². The van der Waals surface area contributed by atoms with Crippen molar-refractivity contribution in [3.8, 4) is 0 Å². The zero-order valence-corrected chi connectivity index (χ0v) is 11.6. The molecule has 0 radical (unpaired) electrons. The van der Waals surface area contributed by atoms with Crippen LogP contribution in [-0.4, -0.2) is 5.78 Å². The number of hydrogen-bond acceptors (Lipinski definition) is 1. The van der Waals surface area contributed by atoms with E-state index in [0.717, 1.165) is 18.8 Å². The van der Waals surface area contributed by atoms with E-state index in [-0.39, 0.29) is 0 Å². The van der Waals surface area contributed by atoms with Gasteiger partial charge in [-0.3, -0.25) is 0 Å². The predicted octanol–water partition coefficient (Wildman–Crippen LogP) is 4.50. The fraction of sp³-hybridized carbons (Fsp3) is 0.588. The quantitative estimate of drug-likeness (QED) is 0.762. The number of carbonyl (C=O) groups excluding carboxylic acids is 1. The van der Waals surface area contributed by atoms with E-state index in [9.17, 15) is 4.79 Å². The molecule has 2 rings (SSSR count). The summed E-state index contributed by atoms with van der Waals surface area (Å²) in [4.78, 5) is 11.1. The molecule has 1 aromatic rings. The summed E-state index contributed by atoms with van der Waals surface area (Å²) in [7, 11) is 0. The van der Waals surface area contributed by atoms with Crippen LogP contribution < -0.4 is 0 Å². The Hall–Kier alpha value is -1.11. The van der Waals surface area contributed by atoms with E-state index in [0.29, 0.717) is 11.7 Å². The normalized spacial score (nSPS) is 23.9. The molecule has 0 amide bonds. The fourth-order valence-electron chi connectivity index (χ4n) is 3.13. The Labute approximate surface area is 111 Å². The number of carbonyl (C=O) groups is 1. The van der Waals surface area contributed by atoms with Gasteiger partial charge in [-0.15, -0.1) is 0 Å². The molecule has 0 unspecified atom stereocenters. The molecular weight excluding hydrogens is 220 g/mol. The summed E-state index contributed by atoms with van der Waals surface area (Å²) < 4.78 is 0. The Balaban J connectivity index is 1.90. The number of Topliss-reactive ketones (excluding diaryl/α,β-unsaturated/α-hetero) is 1. The molecule has 0 spiro atoms. The maximum atomic E-state index is 11.1. The van der Waals surface area contributed by atoms with Crippen molar-refractivity contribution < 1.29 is 4.79 Å². The van der Waals surface area contributed by atoms with Gasteiger partial charge in [0.2, 0.25) is 0 Å². The van der Waals surface area contributed by atoms with Crippen molar-refractivity contribution in [1.82, 2.24) is 0 Å². The number of aryl methyl sites for hydroxylation is 1. The van der Waals surface area contributed by atoms with Crippen molar-refractivity contribution in [3.63, 3.8) is 0 Å². The van der Waals surface area contributed by atoms with Gasteiger partial charge in [0, 0.05) is 6.42 Å². The highest BCUT2D eigenvalue weighted by atomic mass is 16.1. The van der Waals surface area contributed by atoms with Crippen LogP contribution in [0.3, 0.4) is 0 Å². The third-order valence-corrected chi connectivity index (χ3v) is 4.28. The van der Waals surface area contributed by atoms with Crippen molar-refractivity contribution in [2.24, 2.45) is 5.92 Å². The molecule has 0 aliphatic heterocycles. The molecule has 0 heterocycles. The van der Waals surface area contributed by atoms with Crippen molar-refractivity contribution in [2.45, 2.75) is 58.3 Å². The minimum Gasteiger partial charge on any atom is -0.300 e. The number of hydrogen-bond donors (Lipinski definition) is 0. The molecule has 1 nitrogen and oxygen atoms in total. The molecule has 1 heteroatoms. The Morgan fingerprint density at radius 3 is 2.22 bits per heavy atom. The summed E-state index contributed by atoms with van der Waals surface area (Å²) in [5, 5.41) is 0. The lowest BCUT2D eigenvalue weighted by atomic mass is 9.77. The summed E-state index contributed by atoms with van der Waals surface area (Å²) in [5.41, 5.74) is 2.91. The van der Waals surface area contributed by atoms with Crippen molar-refractivity contribution in [3.05, 3.63) is 35.4 Å². The van der Waals surface area contributed by atoms with Crippen molar-refractivity contribution >= 4 is 5.78 Å². The first kappa shape index (κ1) is 13.3. The summed E-state index contributed by atoms with van der Waals surface area (Å²) in [5.74, 6) is 1.72. The zero-order valence-electron chi connectivity index (χ0n) is 11.6. The van der Waals surface area contributed by atoms with Crippen LogP contribution in [0.5, 0.6) is 0 Å². The van der Waals surface area contributed by atoms with Gasteiger partial charge in [0.15, 0.2) is 0 Å². The van der Waals surface area contributed by atoms with Crippen LogP contribution in [0.25, 0.3) is 0 Å². The van der Waals surface area contributed by atoms with Crippen LogP contribution in [0.1, 0.15) is 63.0 Å². The Morgan fingerprint density at radius 1 is 1.11 bits per heavy atom. The van der Waals surface area contributed by atoms with Crippen LogP contribution in [0.4, 0.5) is 0 Å². The van der Waals surface area contributed by atoms with Crippen molar-refractivity contribution in [2.75, 3.05) is 0 Å². The second-order valence-corrected chi connectivity index (χ2v) is 5.72. The lowest BCUT2D eigenvalue weighted by molar-refractivity contribution is -0.118. The monoisotopic (exact) mass is 244 g/mol. The number of benzene rings is 1. The molecule has 0 bridgehead atoms. The molecule has 1 saturated carbocycles. The third-order valence-electron chi connectivity index (χ3n) is 4.28. The van der Waals surface area contributed by atoms with Gasteiger partial charge in [0.25, 0.3) is 0 Å². The van der Waals surface area contributed by atoms with Crippen LogP contribution >= 0.6 is 0 Å². The average Bonchev–Trinajstić information content (AvgIpc) is 2.39. The van der Waals surface area contributed by atoms with E-state index in [4.69, 9.17) is 0 Å². The number of ketones is 1. The predicted molar refractivity (Wildman–Crippen MR) is 75.8 cm³/mol. The van der Waals surface area contributed by atoms with Crippen LogP contribution in [0, 0.1) is 5.92 Å². The van der Waals surface area contributed by atoms with Gasteiger partial charge < -0.3 is 4.79 Å². The molecule has 1 aromatic carbocycles. The highest BCUT2D eigenvalue weighted by molar-refractivity contribution is 5.75. The third kappa shape index (κ3) is 3.44. The van der Waals surface area contributed by atoms with Gasteiger partial charge in [0.1, 0.15) is 5.78 Å². The average molecular weight is 244 g/mol. The minimum atomic E-state index is 0.353. The van der Waals surface area contributed by atoms with Gasteiger partial charge >= 0.3 is 0 Å². The highest BCUT2D eigenvalue weighted by Crippen LogP contribution is 2.37. The van der Waals surface area contributed by atoms with Crippen LogP contribution in [0.15, 0.2) is 24.3 Å². The van der Waals surface area contributed by atoms with Gasteiger partial charge in [0.05, 0.1) is 0 Å². The van der Waals surface area contributed by atoms with E-state index in [1.54, 1.807) is 6.92 Å². The molecule has 1 aliphatic rings. The molecule has 1 fully saturated rings. The molecule has 1 aliphatic carbocycles. The standard InChI is InChI=1S/C17H24O/c1-3-14-4-8-16(9-5-14)17-10-6-15(7-11-17)12-13(2)18/h4-5,8-9,15,17H,3,6-7,10-12H2,1-2H3/t15-,17-. The molecule has 98 valence electrons. The van der Waals surface area contributed by atoms with E-state index < -0.39 is 0 Å². The van der Waals surface area contributed by atoms with E-state index in [1.807, 2.05) is 0 Å². The molecular formula is C17H24O. The fourth-order valence-corrected chi connectivity index (χ4v) is 3.13. The summed E-state index contributed by atoms with van der Waals surface area (Å²) >= 11 is 0. The molecule has 0 atom stereocenters. The zero-order chi connectivity index (χ0) is 13.0. The van der Waals surface area contributed by atoms with Crippen LogP contribution in [-0.2, 0) is 11.2 Å². The SMILES string of the molecule is CCc1ccc([C@H]2CC[C@H](CC(C)=O)CC2)cc1. The second-order valence-electron chi connectivity index (χ2n) is 5.72. The second kappa shape index (κ2) is 6.17. The van der Waals surface area contributed by atoms with Gasteiger partial charge in [-0.1, -0.05) is 31.2 Å². The lowest BCUT2D eigenvalue weighted by Crippen LogP contribution is -2.15.